The average Bonchev–Trinajstić information content (AvgIpc) is 3.28. The molecule has 0 saturated carbocycles. The Morgan fingerprint density at radius 1 is 0.917 bits per heavy atom. The van der Waals surface area contributed by atoms with Crippen LogP contribution in [0, 0.1) is 5.92 Å². The van der Waals surface area contributed by atoms with Gasteiger partial charge >= 0.3 is 5.97 Å². The minimum atomic E-state index is -1.47. The van der Waals surface area contributed by atoms with Crippen molar-refractivity contribution in [2.24, 2.45) is 17.4 Å². The molecule has 0 saturated heterocycles. The third-order valence-electron chi connectivity index (χ3n) is 5.06. The Morgan fingerprint density at radius 2 is 1.53 bits per heavy atom. The summed E-state index contributed by atoms with van der Waals surface area (Å²) >= 11 is 0. The molecule has 10 N–H and O–H groups in total. The van der Waals surface area contributed by atoms with E-state index in [4.69, 9.17) is 16.6 Å². The molecule has 36 heavy (non-hydrogen) atoms. The van der Waals surface area contributed by atoms with Crippen LogP contribution in [-0.2, 0) is 35.2 Å². The number of rotatable bonds is 14. The summed E-state index contributed by atoms with van der Waals surface area (Å²) in [7, 11) is 0. The lowest BCUT2D eigenvalue weighted by Crippen LogP contribution is -2.59. The Balaban J connectivity index is 2.88. The molecule has 5 amide bonds. The largest absolute Gasteiger partial charge is 0.481 e. The van der Waals surface area contributed by atoms with Gasteiger partial charge in [0.1, 0.15) is 24.2 Å². The number of aliphatic carboxylic acids is 1. The van der Waals surface area contributed by atoms with Gasteiger partial charge in [0.2, 0.25) is 29.5 Å². The summed E-state index contributed by atoms with van der Waals surface area (Å²) in [5.41, 5.74) is 11.3. The van der Waals surface area contributed by atoms with E-state index in [0.29, 0.717) is 5.69 Å². The Morgan fingerprint density at radius 3 is 2.00 bits per heavy atom. The maximum atomic E-state index is 12.9. The molecule has 1 aromatic rings. The lowest BCUT2D eigenvalue weighted by Gasteiger charge is -2.26. The summed E-state index contributed by atoms with van der Waals surface area (Å²) in [6.07, 6.45) is 2.21. The van der Waals surface area contributed by atoms with E-state index in [1.165, 1.54) is 26.4 Å². The Bertz CT molecular complexity index is 948. The van der Waals surface area contributed by atoms with Crippen molar-refractivity contribution in [2.45, 2.75) is 70.7 Å². The second-order valence-electron chi connectivity index (χ2n) is 8.65. The first kappa shape index (κ1) is 30.0. The van der Waals surface area contributed by atoms with Crippen LogP contribution < -0.4 is 32.7 Å². The number of nitrogens with one attached hydrogen (secondary N) is 5. The highest BCUT2D eigenvalue weighted by atomic mass is 16.4. The van der Waals surface area contributed by atoms with Crippen LogP contribution in [0.1, 0.15) is 39.8 Å². The van der Waals surface area contributed by atoms with Gasteiger partial charge in [0.25, 0.3) is 0 Å². The lowest BCUT2D eigenvalue weighted by molar-refractivity contribution is -0.140. The maximum Gasteiger partial charge on any atom is 0.305 e. The molecule has 15 heteroatoms. The number of carbonyl (C=O) groups excluding carboxylic acids is 5. The van der Waals surface area contributed by atoms with E-state index in [1.807, 2.05) is 0 Å². The third kappa shape index (κ3) is 9.69. The number of carboxylic acid groups (broad SMARTS) is 1. The molecule has 0 unspecified atom stereocenters. The molecule has 0 aromatic carbocycles. The molecule has 0 fully saturated rings. The van der Waals surface area contributed by atoms with Gasteiger partial charge in [-0.1, -0.05) is 13.8 Å². The number of nitrogens with zero attached hydrogens (tertiary/aromatic N) is 1. The monoisotopic (exact) mass is 510 g/mol. The fourth-order valence-corrected chi connectivity index (χ4v) is 2.98. The van der Waals surface area contributed by atoms with Crippen LogP contribution in [0.25, 0.3) is 0 Å². The van der Waals surface area contributed by atoms with Crippen LogP contribution in [0.15, 0.2) is 12.5 Å². The van der Waals surface area contributed by atoms with Crippen LogP contribution in [0.2, 0.25) is 0 Å². The van der Waals surface area contributed by atoms with Crippen molar-refractivity contribution in [3.05, 3.63) is 18.2 Å². The highest BCUT2D eigenvalue weighted by molar-refractivity contribution is 5.96. The van der Waals surface area contributed by atoms with Gasteiger partial charge in [0, 0.05) is 18.3 Å². The molecule has 15 nitrogen and oxygen atoms in total. The molecule has 0 aliphatic carbocycles. The molecular weight excluding hydrogens is 476 g/mol. The summed E-state index contributed by atoms with van der Waals surface area (Å²) in [5, 5.41) is 18.6. The van der Waals surface area contributed by atoms with E-state index in [2.05, 4.69) is 31.2 Å². The van der Waals surface area contributed by atoms with Gasteiger partial charge in [0.05, 0.1) is 18.8 Å². The standard InChI is InChI=1S/C21H34N8O7/c1-9(2)16(21(36)27-13(17(23)32)6-15(30)31)29-19(34)11(4)26-20(35)14(28-18(33)10(3)22)5-12-7-24-8-25-12/h7-11,13-14,16H,5-6,22H2,1-4H3,(H2,23,32)(H,24,25)(H,26,35)(H,27,36)(H,28,33)(H,29,34)(H,30,31)/t10-,11-,13-,14-,16-/m0/s1. The van der Waals surface area contributed by atoms with Crippen LogP contribution in [0.4, 0.5) is 0 Å². The fraction of sp³-hybridized carbons (Fsp3) is 0.571. The van der Waals surface area contributed by atoms with Crippen molar-refractivity contribution in [2.75, 3.05) is 0 Å². The van der Waals surface area contributed by atoms with E-state index < -0.39 is 78.1 Å². The van der Waals surface area contributed by atoms with Gasteiger partial charge in [-0.05, 0) is 19.8 Å². The fourth-order valence-electron chi connectivity index (χ4n) is 2.98. The van der Waals surface area contributed by atoms with Gasteiger partial charge in [0.15, 0.2) is 0 Å². The topological polar surface area (TPSA) is 251 Å². The zero-order valence-electron chi connectivity index (χ0n) is 20.5. The van der Waals surface area contributed by atoms with E-state index in [9.17, 15) is 28.8 Å². The number of H-pyrrole nitrogens is 1. The van der Waals surface area contributed by atoms with Crippen molar-refractivity contribution in [1.29, 1.82) is 0 Å². The number of carbonyl (C=O) groups is 6. The molecule has 1 rings (SSSR count). The summed E-state index contributed by atoms with van der Waals surface area (Å²) in [5.74, 6) is -5.66. The zero-order chi connectivity index (χ0) is 27.6. The second kappa shape index (κ2) is 13.8. The summed E-state index contributed by atoms with van der Waals surface area (Å²) < 4.78 is 0. The van der Waals surface area contributed by atoms with E-state index >= 15 is 0 Å². The normalized spacial score (nSPS) is 15.1. The predicted octanol–water partition coefficient (Wildman–Crippen LogP) is -3.13. The summed E-state index contributed by atoms with van der Waals surface area (Å²) in [4.78, 5) is 79.4. The van der Waals surface area contributed by atoms with E-state index in [1.54, 1.807) is 13.8 Å². The molecule has 0 spiro atoms. The molecule has 1 heterocycles. The number of hydrogen-bond acceptors (Lipinski definition) is 8. The molecule has 200 valence electrons. The molecule has 0 aliphatic heterocycles. The first-order chi connectivity index (χ1) is 16.7. The Hall–Kier alpha value is -4.01. The maximum absolute atomic E-state index is 12.9. The Labute approximate surface area is 207 Å². The Kier molecular flexibility index (Phi) is 11.5. The SMILES string of the molecule is CC(C)[C@H](NC(=O)[C@H](C)NC(=O)[C@H](Cc1cnc[nH]1)NC(=O)[C@H](C)N)C(=O)N[C@@H](CC(=O)O)C(N)=O. The minimum Gasteiger partial charge on any atom is -0.481 e. The molecule has 0 aliphatic rings. The van der Waals surface area contributed by atoms with Crippen molar-refractivity contribution >= 4 is 35.5 Å². The number of carboxylic acids is 1. The number of amides is 5. The van der Waals surface area contributed by atoms with Crippen LogP contribution in [-0.4, -0.2) is 80.8 Å². The minimum absolute atomic E-state index is 0.0493. The third-order valence-corrected chi connectivity index (χ3v) is 5.06. The number of aromatic amines is 1. The molecule has 0 radical (unpaired) electrons. The van der Waals surface area contributed by atoms with Crippen LogP contribution in [0.5, 0.6) is 0 Å². The van der Waals surface area contributed by atoms with Gasteiger partial charge in [-0.25, -0.2) is 4.98 Å². The van der Waals surface area contributed by atoms with E-state index in [-0.39, 0.29) is 6.42 Å². The summed E-state index contributed by atoms with van der Waals surface area (Å²) in [6, 6.07) is -5.71. The quantitative estimate of drug-likeness (QED) is 0.126. The van der Waals surface area contributed by atoms with Gasteiger partial charge in [-0.15, -0.1) is 0 Å². The number of imidazole rings is 1. The molecule has 5 atom stereocenters. The van der Waals surface area contributed by atoms with Gasteiger partial charge in [-0.3, -0.25) is 28.8 Å². The van der Waals surface area contributed by atoms with Crippen molar-refractivity contribution in [3.63, 3.8) is 0 Å². The number of nitrogens with two attached hydrogens (primary N) is 2. The molecule has 0 bridgehead atoms. The number of aromatic nitrogens is 2. The molecular formula is C21H34N8O7. The van der Waals surface area contributed by atoms with Crippen molar-refractivity contribution < 1.29 is 33.9 Å². The second-order valence-corrected chi connectivity index (χ2v) is 8.65. The lowest BCUT2D eigenvalue weighted by atomic mass is 10.0. The first-order valence-electron chi connectivity index (χ1n) is 11.2. The predicted molar refractivity (Wildman–Crippen MR) is 126 cm³/mol. The molecule has 1 aromatic heterocycles. The highest BCUT2D eigenvalue weighted by Gasteiger charge is 2.31. The summed E-state index contributed by atoms with van der Waals surface area (Å²) in [6.45, 7) is 6.06. The number of primary amides is 1. The van der Waals surface area contributed by atoms with E-state index in [0.717, 1.165) is 0 Å². The average molecular weight is 511 g/mol. The highest BCUT2D eigenvalue weighted by Crippen LogP contribution is 2.05. The van der Waals surface area contributed by atoms with Gasteiger partial charge < -0.3 is 42.8 Å². The zero-order valence-corrected chi connectivity index (χ0v) is 20.5. The van der Waals surface area contributed by atoms with Crippen LogP contribution in [0.3, 0.4) is 0 Å². The first-order valence-corrected chi connectivity index (χ1v) is 11.2. The smallest absolute Gasteiger partial charge is 0.305 e. The van der Waals surface area contributed by atoms with Crippen molar-refractivity contribution in [1.82, 2.24) is 31.2 Å². The van der Waals surface area contributed by atoms with Crippen LogP contribution >= 0.6 is 0 Å². The van der Waals surface area contributed by atoms with Crippen molar-refractivity contribution in [3.8, 4) is 0 Å². The number of hydrogen-bond donors (Lipinski definition) is 8. The van der Waals surface area contributed by atoms with Gasteiger partial charge in [-0.2, -0.15) is 0 Å².